The van der Waals surface area contributed by atoms with E-state index in [1.165, 1.54) is 19.3 Å². The lowest BCUT2D eigenvalue weighted by Crippen LogP contribution is -2.49. The van der Waals surface area contributed by atoms with Crippen LogP contribution in [0.5, 0.6) is 0 Å². The summed E-state index contributed by atoms with van der Waals surface area (Å²) in [4.78, 5) is 0. The van der Waals surface area contributed by atoms with E-state index in [1.807, 2.05) is 0 Å². The minimum absolute atomic E-state index is 0.250. The Bertz CT molecular complexity index is 117. The van der Waals surface area contributed by atoms with Crippen molar-refractivity contribution in [2.75, 3.05) is 6.54 Å². The summed E-state index contributed by atoms with van der Waals surface area (Å²) in [5.41, 5.74) is 5.76. The number of hydrogen-bond donors (Lipinski definition) is 2. The van der Waals surface area contributed by atoms with Crippen LogP contribution >= 0.6 is 0 Å². The molecule has 0 heterocycles. The zero-order chi connectivity index (χ0) is 8.32. The van der Waals surface area contributed by atoms with Crippen LogP contribution in [0.1, 0.15) is 39.5 Å². The van der Waals surface area contributed by atoms with E-state index in [9.17, 15) is 0 Å². The second kappa shape index (κ2) is 3.55. The van der Waals surface area contributed by atoms with Crippen molar-refractivity contribution in [2.24, 2.45) is 5.73 Å². The van der Waals surface area contributed by atoms with Crippen molar-refractivity contribution < 1.29 is 0 Å². The zero-order valence-corrected chi connectivity index (χ0v) is 7.69. The molecule has 0 radical (unpaired) electrons. The van der Waals surface area contributed by atoms with Crippen molar-refractivity contribution in [1.82, 2.24) is 5.32 Å². The van der Waals surface area contributed by atoms with E-state index in [4.69, 9.17) is 5.73 Å². The van der Waals surface area contributed by atoms with Crippen LogP contribution in [-0.2, 0) is 0 Å². The quantitative estimate of drug-likeness (QED) is 0.643. The topological polar surface area (TPSA) is 38.0 Å². The van der Waals surface area contributed by atoms with Crippen LogP contribution in [0.2, 0.25) is 0 Å². The van der Waals surface area contributed by atoms with E-state index in [2.05, 4.69) is 19.2 Å². The van der Waals surface area contributed by atoms with E-state index in [-0.39, 0.29) is 5.54 Å². The summed E-state index contributed by atoms with van der Waals surface area (Å²) >= 11 is 0. The molecular formula is C9H20N2. The predicted octanol–water partition coefficient (Wildman–Crippen LogP) is 1.26. The highest BCUT2D eigenvalue weighted by molar-refractivity contribution is 4.86. The summed E-state index contributed by atoms with van der Waals surface area (Å²) < 4.78 is 0. The van der Waals surface area contributed by atoms with E-state index in [1.54, 1.807) is 0 Å². The van der Waals surface area contributed by atoms with Gasteiger partial charge < -0.3 is 11.1 Å². The van der Waals surface area contributed by atoms with Gasteiger partial charge in [0.05, 0.1) is 0 Å². The van der Waals surface area contributed by atoms with E-state index < -0.39 is 0 Å². The molecule has 66 valence electrons. The van der Waals surface area contributed by atoms with E-state index in [0.29, 0.717) is 0 Å². The lowest BCUT2D eigenvalue weighted by atomic mass is 9.89. The standard InChI is InChI=1S/C9H20N2/c1-9(2,6-7-10)11-8-4-3-5-8/h8,11H,3-7,10H2,1-2H3. The largest absolute Gasteiger partial charge is 0.330 e. The highest BCUT2D eigenvalue weighted by atomic mass is 15.0. The van der Waals surface area contributed by atoms with Crippen LogP contribution in [-0.4, -0.2) is 18.1 Å². The first-order valence-corrected chi connectivity index (χ1v) is 4.62. The number of nitrogens with two attached hydrogens (primary N) is 1. The van der Waals surface area contributed by atoms with Gasteiger partial charge in [0, 0.05) is 11.6 Å². The molecule has 0 aromatic rings. The highest BCUT2D eigenvalue weighted by Crippen LogP contribution is 2.21. The second-order valence-corrected chi connectivity index (χ2v) is 4.19. The first-order chi connectivity index (χ1) is 5.14. The summed E-state index contributed by atoms with van der Waals surface area (Å²) in [7, 11) is 0. The average molecular weight is 156 g/mol. The maximum atomic E-state index is 5.51. The molecule has 0 saturated heterocycles. The Balaban J connectivity index is 2.20. The number of nitrogens with one attached hydrogen (secondary N) is 1. The average Bonchev–Trinajstić information content (AvgIpc) is 1.79. The Morgan fingerprint density at radius 1 is 1.45 bits per heavy atom. The van der Waals surface area contributed by atoms with Gasteiger partial charge in [-0.05, 0) is 39.7 Å². The molecule has 2 nitrogen and oxygen atoms in total. The van der Waals surface area contributed by atoms with Crippen molar-refractivity contribution in [3.05, 3.63) is 0 Å². The molecule has 1 rings (SSSR count). The minimum Gasteiger partial charge on any atom is -0.330 e. The van der Waals surface area contributed by atoms with Gasteiger partial charge in [0.15, 0.2) is 0 Å². The molecule has 0 aromatic carbocycles. The minimum atomic E-state index is 0.250. The summed E-state index contributed by atoms with van der Waals surface area (Å²) in [6.07, 6.45) is 5.18. The summed E-state index contributed by atoms with van der Waals surface area (Å²) in [6, 6.07) is 0.775. The molecule has 11 heavy (non-hydrogen) atoms. The van der Waals surface area contributed by atoms with Crippen molar-refractivity contribution in [3.8, 4) is 0 Å². The Morgan fingerprint density at radius 3 is 2.45 bits per heavy atom. The molecule has 0 aromatic heterocycles. The van der Waals surface area contributed by atoms with Gasteiger partial charge in [-0.2, -0.15) is 0 Å². The van der Waals surface area contributed by atoms with Crippen LogP contribution in [0.15, 0.2) is 0 Å². The maximum absolute atomic E-state index is 5.51. The molecule has 0 bridgehead atoms. The van der Waals surface area contributed by atoms with Crippen molar-refractivity contribution >= 4 is 0 Å². The van der Waals surface area contributed by atoms with Crippen LogP contribution in [0.4, 0.5) is 0 Å². The van der Waals surface area contributed by atoms with Crippen molar-refractivity contribution in [1.29, 1.82) is 0 Å². The molecule has 1 saturated carbocycles. The Labute approximate surface area is 69.5 Å². The van der Waals surface area contributed by atoms with Crippen LogP contribution < -0.4 is 11.1 Å². The van der Waals surface area contributed by atoms with E-state index >= 15 is 0 Å². The third kappa shape index (κ3) is 2.80. The van der Waals surface area contributed by atoms with Gasteiger partial charge in [0.25, 0.3) is 0 Å². The fourth-order valence-corrected chi connectivity index (χ4v) is 1.54. The molecule has 3 N–H and O–H groups in total. The Morgan fingerprint density at radius 2 is 2.09 bits per heavy atom. The third-order valence-corrected chi connectivity index (χ3v) is 2.47. The van der Waals surface area contributed by atoms with Crippen LogP contribution in [0, 0.1) is 0 Å². The molecule has 0 unspecified atom stereocenters. The number of hydrogen-bond acceptors (Lipinski definition) is 2. The lowest BCUT2D eigenvalue weighted by molar-refractivity contribution is 0.244. The van der Waals surface area contributed by atoms with Gasteiger partial charge in [0.2, 0.25) is 0 Å². The first kappa shape index (κ1) is 9.01. The van der Waals surface area contributed by atoms with Gasteiger partial charge in [-0.15, -0.1) is 0 Å². The van der Waals surface area contributed by atoms with E-state index in [0.717, 1.165) is 19.0 Å². The SMILES string of the molecule is CC(C)(CCN)NC1CCC1. The van der Waals surface area contributed by atoms with Crippen molar-refractivity contribution in [3.63, 3.8) is 0 Å². The fourth-order valence-electron chi connectivity index (χ4n) is 1.54. The Hall–Kier alpha value is -0.0800. The van der Waals surface area contributed by atoms with Gasteiger partial charge in [-0.1, -0.05) is 6.42 Å². The molecule has 0 amide bonds. The van der Waals surface area contributed by atoms with Gasteiger partial charge in [-0.3, -0.25) is 0 Å². The normalized spacial score (nSPS) is 19.9. The Kier molecular flexibility index (Phi) is 2.90. The summed E-state index contributed by atoms with van der Waals surface area (Å²) in [5, 5.41) is 3.61. The molecule has 2 heteroatoms. The summed E-state index contributed by atoms with van der Waals surface area (Å²) in [5.74, 6) is 0. The van der Waals surface area contributed by atoms with Gasteiger partial charge >= 0.3 is 0 Å². The lowest BCUT2D eigenvalue weighted by Gasteiger charge is -2.36. The molecule has 0 atom stereocenters. The molecular weight excluding hydrogens is 136 g/mol. The summed E-state index contributed by atoms with van der Waals surface area (Å²) in [6.45, 7) is 5.25. The first-order valence-electron chi connectivity index (χ1n) is 4.62. The van der Waals surface area contributed by atoms with Gasteiger partial charge in [0.1, 0.15) is 0 Å². The number of rotatable bonds is 4. The molecule has 1 aliphatic rings. The monoisotopic (exact) mass is 156 g/mol. The van der Waals surface area contributed by atoms with Crippen LogP contribution in [0.25, 0.3) is 0 Å². The fraction of sp³-hybridized carbons (Fsp3) is 1.00. The van der Waals surface area contributed by atoms with Crippen molar-refractivity contribution in [2.45, 2.75) is 51.1 Å². The van der Waals surface area contributed by atoms with Gasteiger partial charge in [-0.25, -0.2) is 0 Å². The maximum Gasteiger partial charge on any atom is 0.0139 e. The smallest absolute Gasteiger partial charge is 0.0139 e. The second-order valence-electron chi connectivity index (χ2n) is 4.19. The zero-order valence-electron chi connectivity index (χ0n) is 7.69. The molecule has 1 aliphatic carbocycles. The third-order valence-electron chi connectivity index (χ3n) is 2.47. The molecule has 1 fully saturated rings. The predicted molar refractivity (Wildman–Crippen MR) is 48.5 cm³/mol. The van der Waals surface area contributed by atoms with Crippen LogP contribution in [0.3, 0.4) is 0 Å². The molecule has 0 aliphatic heterocycles. The highest BCUT2D eigenvalue weighted by Gasteiger charge is 2.24. The molecule has 0 spiro atoms.